The van der Waals surface area contributed by atoms with Crippen molar-refractivity contribution in [1.82, 2.24) is 9.97 Å². The molecule has 0 unspecified atom stereocenters. The van der Waals surface area contributed by atoms with Crippen LogP contribution < -0.4 is 10.1 Å². The Morgan fingerprint density at radius 2 is 2.18 bits per heavy atom. The molecule has 1 rings (SSSR count). The van der Waals surface area contributed by atoms with Gasteiger partial charge in [0, 0.05) is 0 Å². The fourth-order valence-electron chi connectivity index (χ4n) is 0.852. The van der Waals surface area contributed by atoms with Gasteiger partial charge in [-0.05, 0) is 0 Å². The number of methoxy groups -OCH3 is 1. The van der Waals surface area contributed by atoms with Crippen LogP contribution in [0.2, 0.25) is 5.02 Å². The minimum absolute atomic E-state index is 0.0733. The van der Waals surface area contributed by atoms with Gasteiger partial charge < -0.3 is 10.1 Å². The molecule has 0 saturated heterocycles. The van der Waals surface area contributed by atoms with E-state index in [0.717, 1.165) is 6.20 Å². The summed E-state index contributed by atoms with van der Waals surface area (Å²) in [5.74, 6) is -4.36. The highest BCUT2D eigenvalue weighted by atomic mass is 35.5. The number of aromatic nitrogens is 2. The zero-order valence-electron chi connectivity index (χ0n) is 8.55. The molecular formula is C8H8ClF4N3O. The Labute approximate surface area is 99.0 Å². The quantitative estimate of drug-likeness (QED) is 0.837. The lowest BCUT2D eigenvalue weighted by Crippen LogP contribution is -2.35. The normalized spacial score (nSPS) is 11.7. The lowest BCUT2D eigenvalue weighted by Gasteiger charge is -2.16. The number of anilines is 1. The van der Waals surface area contributed by atoms with Gasteiger partial charge in [-0.15, -0.1) is 0 Å². The first-order chi connectivity index (χ1) is 7.86. The van der Waals surface area contributed by atoms with Crippen molar-refractivity contribution in [2.75, 3.05) is 19.0 Å². The molecule has 0 aromatic carbocycles. The number of rotatable bonds is 5. The van der Waals surface area contributed by atoms with Gasteiger partial charge in [-0.2, -0.15) is 13.8 Å². The van der Waals surface area contributed by atoms with E-state index in [2.05, 4.69) is 14.7 Å². The van der Waals surface area contributed by atoms with Crippen LogP contribution in [-0.4, -0.2) is 36.0 Å². The summed E-state index contributed by atoms with van der Waals surface area (Å²) >= 11 is 5.59. The molecule has 4 nitrogen and oxygen atoms in total. The van der Waals surface area contributed by atoms with Gasteiger partial charge >= 0.3 is 18.4 Å². The van der Waals surface area contributed by atoms with Crippen LogP contribution >= 0.6 is 11.6 Å². The molecule has 0 bridgehead atoms. The van der Waals surface area contributed by atoms with Gasteiger partial charge in [-0.25, -0.2) is 13.8 Å². The standard InChI is InChI=1S/C8H8ClF4N3O/c1-17-7-14-2-4(9)5(16-7)15-3-8(12,13)6(10)11/h2,6H,3H2,1H3,(H,14,15,16). The number of alkyl halides is 4. The van der Waals surface area contributed by atoms with E-state index in [0.29, 0.717) is 0 Å². The zero-order valence-corrected chi connectivity index (χ0v) is 9.31. The number of hydrogen-bond donors (Lipinski definition) is 1. The van der Waals surface area contributed by atoms with Gasteiger partial charge in [-0.1, -0.05) is 11.6 Å². The number of halogens is 5. The first-order valence-electron chi connectivity index (χ1n) is 4.33. The Morgan fingerprint density at radius 3 is 2.71 bits per heavy atom. The van der Waals surface area contributed by atoms with Gasteiger partial charge in [0.05, 0.1) is 19.9 Å². The Kier molecular flexibility index (Phi) is 4.33. The van der Waals surface area contributed by atoms with Crippen molar-refractivity contribution in [3.8, 4) is 6.01 Å². The number of nitrogens with one attached hydrogen (secondary N) is 1. The molecule has 96 valence electrons. The summed E-state index contributed by atoms with van der Waals surface area (Å²) in [5, 5.41) is 1.94. The first kappa shape index (κ1) is 13.8. The maximum atomic E-state index is 12.6. The summed E-state index contributed by atoms with van der Waals surface area (Å²) in [6.07, 6.45) is -2.66. The SMILES string of the molecule is COc1ncc(Cl)c(NCC(F)(F)C(F)F)n1. The van der Waals surface area contributed by atoms with E-state index in [1.54, 1.807) is 0 Å². The van der Waals surface area contributed by atoms with Crippen molar-refractivity contribution in [2.45, 2.75) is 12.3 Å². The summed E-state index contributed by atoms with van der Waals surface area (Å²) in [6, 6.07) is -0.114. The Hall–Kier alpha value is -1.31. The van der Waals surface area contributed by atoms with E-state index < -0.39 is 18.9 Å². The van der Waals surface area contributed by atoms with E-state index in [9.17, 15) is 17.6 Å². The minimum atomic E-state index is -4.17. The predicted molar refractivity (Wildman–Crippen MR) is 53.0 cm³/mol. The average molecular weight is 274 g/mol. The molecule has 0 aliphatic heterocycles. The summed E-state index contributed by atoms with van der Waals surface area (Å²) in [7, 11) is 1.26. The summed E-state index contributed by atoms with van der Waals surface area (Å²) in [5.41, 5.74) is 0. The van der Waals surface area contributed by atoms with Crippen molar-refractivity contribution >= 4 is 17.4 Å². The van der Waals surface area contributed by atoms with E-state index in [-0.39, 0.29) is 16.9 Å². The summed E-state index contributed by atoms with van der Waals surface area (Å²) in [4.78, 5) is 7.19. The van der Waals surface area contributed by atoms with Gasteiger partial charge in [0.2, 0.25) is 0 Å². The van der Waals surface area contributed by atoms with E-state index in [4.69, 9.17) is 11.6 Å². The smallest absolute Gasteiger partial charge is 0.324 e. The largest absolute Gasteiger partial charge is 0.467 e. The van der Waals surface area contributed by atoms with Gasteiger partial charge in [-0.3, -0.25) is 0 Å². The van der Waals surface area contributed by atoms with Crippen molar-refractivity contribution in [3.05, 3.63) is 11.2 Å². The lowest BCUT2D eigenvalue weighted by molar-refractivity contribution is -0.117. The Bertz CT molecular complexity index is 391. The Morgan fingerprint density at radius 1 is 1.53 bits per heavy atom. The second-order valence-corrected chi connectivity index (χ2v) is 3.38. The van der Waals surface area contributed by atoms with Crippen molar-refractivity contribution in [1.29, 1.82) is 0 Å². The maximum Gasteiger partial charge on any atom is 0.324 e. The van der Waals surface area contributed by atoms with E-state index in [1.165, 1.54) is 7.11 Å². The second kappa shape index (κ2) is 5.35. The molecule has 0 amide bonds. The van der Waals surface area contributed by atoms with Crippen LogP contribution in [0.1, 0.15) is 0 Å². The highest BCUT2D eigenvalue weighted by molar-refractivity contribution is 6.32. The highest BCUT2D eigenvalue weighted by Crippen LogP contribution is 2.25. The van der Waals surface area contributed by atoms with Crippen molar-refractivity contribution < 1.29 is 22.3 Å². The van der Waals surface area contributed by atoms with Gasteiger partial charge in [0.15, 0.2) is 5.82 Å². The third-order valence-electron chi connectivity index (χ3n) is 1.72. The molecule has 0 saturated carbocycles. The molecular weight excluding hydrogens is 266 g/mol. The lowest BCUT2D eigenvalue weighted by atomic mass is 10.3. The molecule has 0 aliphatic rings. The molecule has 1 aromatic rings. The van der Waals surface area contributed by atoms with Crippen LogP contribution in [0, 0.1) is 0 Å². The third kappa shape index (κ3) is 3.58. The minimum Gasteiger partial charge on any atom is -0.467 e. The average Bonchev–Trinajstić information content (AvgIpc) is 2.28. The van der Waals surface area contributed by atoms with E-state index in [1.807, 2.05) is 5.32 Å². The van der Waals surface area contributed by atoms with E-state index >= 15 is 0 Å². The molecule has 0 atom stereocenters. The van der Waals surface area contributed by atoms with Crippen LogP contribution in [0.5, 0.6) is 6.01 Å². The summed E-state index contributed by atoms with van der Waals surface area (Å²) < 4.78 is 53.6. The second-order valence-electron chi connectivity index (χ2n) is 2.97. The summed E-state index contributed by atoms with van der Waals surface area (Å²) in [6.45, 7) is -1.29. The van der Waals surface area contributed by atoms with Crippen molar-refractivity contribution in [3.63, 3.8) is 0 Å². The van der Waals surface area contributed by atoms with Crippen LogP contribution in [0.4, 0.5) is 23.4 Å². The zero-order chi connectivity index (χ0) is 13.1. The topological polar surface area (TPSA) is 47.0 Å². The number of nitrogens with zero attached hydrogens (tertiary/aromatic N) is 2. The number of hydrogen-bond acceptors (Lipinski definition) is 4. The van der Waals surface area contributed by atoms with Crippen LogP contribution in [0.15, 0.2) is 6.20 Å². The Balaban J connectivity index is 2.75. The molecule has 1 aromatic heterocycles. The van der Waals surface area contributed by atoms with Crippen molar-refractivity contribution in [2.24, 2.45) is 0 Å². The van der Waals surface area contributed by atoms with Gasteiger partial charge in [0.25, 0.3) is 0 Å². The third-order valence-corrected chi connectivity index (χ3v) is 1.99. The molecule has 0 radical (unpaired) electrons. The van der Waals surface area contributed by atoms with Crippen LogP contribution in [0.3, 0.4) is 0 Å². The predicted octanol–water partition coefficient (Wildman–Crippen LogP) is 2.45. The molecule has 0 aliphatic carbocycles. The fraction of sp³-hybridized carbons (Fsp3) is 0.500. The van der Waals surface area contributed by atoms with Crippen LogP contribution in [0.25, 0.3) is 0 Å². The molecule has 1 heterocycles. The monoisotopic (exact) mass is 273 g/mol. The molecule has 0 fully saturated rings. The molecule has 1 N–H and O–H groups in total. The molecule has 9 heteroatoms. The molecule has 0 spiro atoms. The highest BCUT2D eigenvalue weighted by Gasteiger charge is 2.40. The molecule has 17 heavy (non-hydrogen) atoms. The first-order valence-corrected chi connectivity index (χ1v) is 4.71. The number of ether oxygens (including phenoxy) is 1. The maximum absolute atomic E-state index is 12.6. The van der Waals surface area contributed by atoms with Gasteiger partial charge in [0.1, 0.15) is 5.02 Å². The fourth-order valence-corrected chi connectivity index (χ4v) is 1.01. The van der Waals surface area contributed by atoms with Crippen LogP contribution in [-0.2, 0) is 0 Å².